The molecule has 0 aliphatic heterocycles. The van der Waals surface area contributed by atoms with E-state index in [-0.39, 0.29) is 30.4 Å². The molecule has 1 heterocycles. The Hall–Kier alpha value is -3.15. The number of benzene rings is 2. The maximum absolute atomic E-state index is 12.6. The molecule has 0 aliphatic rings. The Kier molecular flexibility index (Phi) is 5.78. The van der Waals surface area contributed by atoms with Gasteiger partial charge in [0.15, 0.2) is 0 Å². The van der Waals surface area contributed by atoms with Crippen molar-refractivity contribution < 1.29 is 9.59 Å². The molecule has 0 spiro atoms. The quantitative estimate of drug-likeness (QED) is 0.691. The minimum absolute atomic E-state index is 0.0594. The van der Waals surface area contributed by atoms with Gasteiger partial charge in [-0.1, -0.05) is 29.8 Å². The van der Waals surface area contributed by atoms with Gasteiger partial charge in [0.05, 0.1) is 17.1 Å². The molecule has 2 amide bonds. The van der Waals surface area contributed by atoms with Gasteiger partial charge in [-0.2, -0.15) is 0 Å². The van der Waals surface area contributed by atoms with Crippen LogP contribution in [0.25, 0.3) is 11.0 Å². The van der Waals surface area contributed by atoms with E-state index < -0.39 is 0 Å². The molecule has 3 rings (SSSR count). The molecule has 0 radical (unpaired) electrons. The Balaban J connectivity index is 1.89. The topological polar surface area (TPSA) is 76.0 Å². The number of amides is 2. The number of nitrogens with one attached hydrogen (secondary N) is 2. The average Bonchev–Trinajstić information content (AvgIpc) is 2.99. The Morgan fingerprint density at radius 2 is 1.79 bits per heavy atom. The summed E-state index contributed by atoms with van der Waals surface area (Å²) in [6.45, 7) is 7.84. The molecule has 3 aromatic rings. The highest BCUT2D eigenvalue weighted by Gasteiger charge is 2.20. The number of para-hydroxylation sites is 2. The summed E-state index contributed by atoms with van der Waals surface area (Å²) >= 11 is 0. The lowest BCUT2D eigenvalue weighted by Crippen LogP contribution is -2.34. The van der Waals surface area contributed by atoms with Gasteiger partial charge in [0.2, 0.25) is 5.91 Å². The van der Waals surface area contributed by atoms with Crippen molar-refractivity contribution in [3.63, 3.8) is 0 Å². The van der Waals surface area contributed by atoms with Gasteiger partial charge < -0.3 is 15.2 Å². The number of aryl methyl sites for hydroxylation is 1. The number of hydrogen-bond acceptors (Lipinski definition) is 3. The van der Waals surface area contributed by atoms with E-state index in [9.17, 15) is 9.59 Å². The lowest BCUT2D eigenvalue weighted by atomic mass is 10.1. The van der Waals surface area contributed by atoms with Crippen LogP contribution in [0.3, 0.4) is 0 Å². The van der Waals surface area contributed by atoms with Gasteiger partial charge in [0.1, 0.15) is 12.4 Å². The fraction of sp³-hybridized carbons (Fsp3) is 0.318. The van der Waals surface area contributed by atoms with E-state index in [1.165, 1.54) is 0 Å². The molecule has 2 N–H and O–H groups in total. The molecular formula is C22H26N4O2. The van der Waals surface area contributed by atoms with E-state index in [0.717, 1.165) is 16.6 Å². The monoisotopic (exact) mass is 378 g/mol. The second kappa shape index (κ2) is 8.25. The van der Waals surface area contributed by atoms with Crippen LogP contribution in [0.1, 0.15) is 48.6 Å². The van der Waals surface area contributed by atoms with Crippen molar-refractivity contribution in [2.75, 3.05) is 0 Å². The Morgan fingerprint density at radius 3 is 2.50 bits per heavy atom. The van der Waals surface area contributed by atoms with Crippen LogP contribution < -0.4 is 10.6 Å². The highest BCUT2D eigenvalue weighted by Crippen LogP contribution is 2.21. The fourth-order valence-electron chi connectivity index (χ4n) is 3.23. The first-order valence-corrected chi connectivity index (χ1v) is 9.47. The standard InChI is InChI=1S/C22H26N4O2/c1-14(2)23-20(27)13-26-19-11-6-5-10-18(19)25-21(26)16(4)24-22(28)17-9-7-8-15(3)12-17/h5-12,14,16H,13H2,1-4H3,(H,23,27)(H,24,28). The summed E-state index contributed by atoms with van der Waals surface area (Å²) in [6, 6.07) is 14.8. The molecule has 0 saturated heterocycles. The first kappa shape index (κ1) is 19.6. The number of fused-ring (bicyclic) bond motifs is 1. The maximum atomic E-state index is 12.6. The first-order chi connectivity index (χ1) is 13.3. The van der Waals surface area contributed by atoms with Crippen LogP contribution in [0.15, 0.2) is 48.5 Å². The van der Waals surface area contributed by atoms with E-state index in [2.05, 4.69) is 15.6 Å². The van der Waals surface area contributed by atoms with Crippen molar-refractivity contribution in [2.24, 2.45) is 0 Å². The number of aromatic nitrogens is 2. The summed E-state index contributed by atoms with van der Waals surface area (Å²) < 4.78 is 1.87. The molecule has 28 heavy (non-hydrogen) atoms. The van der Waals surface area contributed by atoms with Gasteiger partial charge in [-0.05, 0) is 52.0 Å². The van der Waals surface area contributed by atoms with Gasteiger partial charge in [0, 0.05) is 11.6 Å². The largest absolute Gasteiger partial charge is 0.352 e. The van der Waals surface area contributed by atoms with Crippen LogP contribution in [0.5, 0.6) is 0 Å². The summed E-state index contributed by atoms with van der Waals surface area (Å²) in [7, 11) is 0. The molecule has 0 bridgehead atoms. The lowest BCUT2D eigenvalue weighted by Gasteiger charge is -2.17. The van der Waals surface area contributed by atoms with Crippen molar-refractivity contribution in [3.05, 3.63) is 65.5 Å². The van der Waals surface area contributed by atoms with E-state index in [1.54, 1.807) is 6.07 Å². The van der Waals surface area contributed by atoms with Crippen LogP contribution in [-0.4, -0.2) is 27.4 Å². The van der Waals surface area contributed by atoms with E-state index in [4.69, 9.17) is 0 Å². The normalized spacial score (nSPS) is 12.2. The van der Waals surface area contributed by atoms with Gasteiger partial charge in [-0.15, -0.1) is 0 Å². The van der Waals surface area contributed by atoms with E-state index >= 15 is 0 Å². The summed E-state index contributed by atoms with van der Waals surface area (Å²) in [5.41, 5.74) is 3.30. The number of imidazole rings is 1. The Morgan fingerprint density at radius 1 is 1.04 bits per heavy atom. The molecule has 6 nitrogen and oxygen atoms in total. The summed E-state index contributed by atoms with van der Waals surface area (Å²) in [4.78, 5) is 29.7. The third kappa shape index (κ3) is 4.39. The smallest absolute Gasteiger partial charge is 0.251 e. The predicted octanol–water partition coefficient (Wildman–Crippen LogP) is 3.36. The molecule has 2 aromatic carbocycles. The Bertz CT molecular complexity index is 1010. The Labute approximate surface area is 165 Å². The minimum Gasteiger partial charge on any atom is -0.352 e. The summed E-state index contributed by atoms with van der Waals surface area (Å²) in [6.07, 6.45) is 0. The van der Waals surface area contributed by atoms with Crippen LogP contribution >= 0.6 is 0 Å². The molecule has 0 fully saturated rings. The summed E-state index contributed by atoms with van der Waals surface area (Å²) in [5, 5.41) is 5.91. The van der Waals surface area contributed by atoms with Gasteiger partial charge in [0.25, 0.3) is 5.91 Å². The number of nitrogens with zero attached hydrogens (tertiary/aromatic N) is 2. The van der Waals surface area contributed by atoms with Crippen LogP contribution in [0.4, 0.5) is 0 Å². The third-order valence-electron chi connectivity index (χ3n) is 4.45. The van der Waals surface area contributed by atoms with Crippen molar-refractivity contribution in [2.45, 2.75) is 46.3 Å². The van der Waals surface area contributed by atoms with Crippen LogP contribution in [0.2, 0.25) is 0 Å². The predicted molar refractivity (Wildman–Crippen MR) is 110 cm³/mol. The zero-order valence-electron chi connectivity index (χ0n) is 16.7. The highest BCUT2D eigenvalue weighted by molar-refractivity contribution is 5.94. The van der Waals surface area contributed by atoms with Crippen molar-refractivity contribution in [1.29, 1.82) is 0 Å². The fourth-order valence-corrected chi connectivity index (χ4v) is 3.23. The van der Waals surface area contributed by atoms with E-state index in [1.807, 2.05) is 74.7 Å². The van der Waals surface area contributed by atoms with Crippen LogP contribution in [0, 0.1) is 6.92 Å². The van der Waals surface area contributed by atoms with E-state index in [0.29, 0.717) is 11.4 Å². The molecule has 1 atom stereocenters. The molecule has 6 heteroatoms. The molecular weight excluding hydrogens is 352 g/mol. The zero-order chi connectivity index (χ0) is 20.3. The van der Waals surface area contributed by atoms with Gasteiger partial charge in [-0.25, -0.2) is 4.98 Å². The number of carbonyl (C=O) groups excluding carboxylic acids is 2. The molecule has 0 saturated carbocycles. The molecule has 0 aliphatic carbocycles. The lowest BCUT2D eigenvalue weighted by molar-refractivity contribution is -0.122. The number of carbonyl (C=O) groups is 2. The highest BCUT2D eigenvalue weighted by atomic mass is 16.2. The molecule has 1 aromatic heterocycles. The second-order valence-corrected chi connectivity index (χ2v) is 7.33. The number of rotatable bonds is 6. The minimum atomic E-state index is -0.354. The van der Waals surface area contributed by atoms with Crippen molar-refractivity contribution in [3.8, 4) is 0 Å². The second-order valence-electron chi connectivity index (χ2n) is 7.33. The summed E-state index contributed by atoms with van der Waals surface area (Å²) in [5.74, 6) is 0.402. The van der Waals surface area contributed by atoms with Gasteiger partial charge in [-0.3, -0.25) is 9.59 Å². The molecule has 1 unspecified atom stereocenters. The first-order valence-electron chi connectivity index (χ1n) is 9.47. The number of hydrogen-bond donors (Lipinski definition) is 2. The molecule has 146 valence electrons. The average molecular weight is 378 g/mol. The third-order valence-corrected chi connectivity index (χ3v) is 4.45. The maximum Gasteiger partial charge on any atom is 0.251 e. The van der Waals surface area contributed by atoms with Crippen molar-refractivity contribution >= 4 is 22.8 Å². The SMILES string of the molecule is Cc1cccc(C(=O)NC(C)c2nc3ccccc3n2CC(=O)NC(C)C)c1. The zero-order valence-corrected chi connectivity index (χ0v) is 16.7. The van der Waals surface area contributed by atoms with Crippen LogP contribution in [-0.2, 0) is 11.3 Å². The van der Waals surface area contributed by atoms with Gasteiger partial charge >= 0.3 is 0 Å². The van der Waals surface area contributed by atoms with Crippen molar-refractivity contribution in [1.82, 2.24) is 20.2 Å².